The SMILES string of the molecule is c1ccc2c(c1)CCC2c1noc(CC2CCNCC2)n1. The molecule has 21 heavy (non-hydrogen) atoms. The third kappa shape index (κ3) is 2.60. The Balaban J connectivity index is 1.50. The minimum atomic E-state index is 0.326. The van der Waals surface area contributed by atoms with Crippen molar-refractivity contribution in [2.45, 2.75) is 38.0 Å². The van der Waals surface area contributed by atoms with Gasteiger partial charge in [0, 0.05) is 12.3 Å². The summed E-state index contributed by atoms with van der Waals surface area (Å²) in [5.74, 6) is 2.72. The molecule has 4 heteroatoms. The molecule has 2 aromatic rings. The Morgan fingerprint density at radius 2 is 2.00 bits per heavy atom. The third-order valence-electron chi connectivity index (χ3n) is 4.85. The summed E-state index contributed by atoms with van der Waals surface area (Å²) in [6.07, 6.45) is 5.58. The summed E-state index contributed by atoms with van der Waals surface area (Å²) < 4.78 is 5.51. The van der Waals surface area contributed by atoms with E-state index in [1.807, 2.05) is 0 Å². The van der Waals surface area contributed by atoms with Gasteiger partial charge in [0.15, 0.2) is 5.82 Å². The number of hydrogen-bond donors (Lipinski definition) is 1. The maximum absolute atomic E-state index is 5.51. The van der Waals surface area contributed by atoms with Crippen LogP contribution in [0.5, 0.6) is 0 Å². The van der Waals surface area contributed by atoms with Crippen molar-refractivity contribution in [3.63, 3.8) is 0 Å². The Morgan fingerprint density at radius 1 is 1.14 bits per heavy atom. The van der Waals surface area contributed by atoms with Gasteiger partial charge < -0.3 is 9.84 Å². The van der Waals surface area contributed by atoms with Crippen LogP contribution in [0.4, 0.5) is 0 Å². The molecule has 1 saturated heterocycles. The average Bonchev–Trinajstić information content (AvgIpc) is 3.14. The van der Waals surface area contributed by atoms with E-state index in [0.29, 0.717) is 11.8 Å². The van der Waals surface area contributed by atoms with E-state index in [9.17, 15) is 0 Å². The zero-order valence-corrected chi connectivity index (χ0v) is 12.2. The maximum Gasteiger partial charge on any atom is 0.226 e. The van der Waals surface area contributed by atoms with Gasteiger partial charge in [-0.2, -0.15) is 4.98 Å². The third-order valence-corrected chi connectivity index (χ3v) is 4.85. The van der Waals surface area contributed by atoms with Gasteiger partial charge in [-0.1, -0.05) is 29.4 Å². The van der Waals surface area contributed by atoms with Crippen molar-refractivity contribution in [3.05, 3.63) is 47.1 Å². The number of nitrogens with zero attached hydrogens (tertiary/aromatic N) is 2. The van der Waals surface area contributed by atoms with Crippen molar-refractivity contribution in [2.75, 3.05) is 13.1 Å². The number of piperidine rings is 1. The highest BCUT2D eigenvalue weighted by atomic mass is 16.5. The second kappa shape index (κ2) is 5.60. The molecule has 0 amide bonds. The maximum atomic E-state index is 5.51. The van der Waals surface area contributed by atoms with E-state index in [0.717, 1.165) is 44.1 Å². The molecule has 1 unspecified atom stereocenters. The molecule has 1 aromatic carbocycles. The minimum Gasteiger partial charge on any atom is -0.339 e. The molecule has 1 aliphatic carbocycles. The Kier molecular flexibility index (Phi) is 3.47. The molecule has 0 bridgehead atoms. The van der Waals surface area contributed by atoms with Crippen LogP contribution in [-0.4, -0.2) is 23.2 Å². The fraction of sp³-hybridized carbons (Fsp3) is 0.529. The van der Waals surface area contributed by atoms with Crippen LogP contribution in [0.2, 0.25) is 0 Å². The first-order valence-electron chi connectivity index (χ1n) is 8.01. The highest BCUT2D eigenvalue weighted by molar-refractivity contribution is 5.38. The van der Waals surface area contributed by atoms with E-state index in [1.165, 1.54) is 24.0 Å². The fourth-order valence-corrected chi connectivity index (χ4v) is 3.65. The molecule has 2 heterocycles. The van der Waals surface area contributed by atoms with Crippen molar-refractivity contribution in [3.8, 4) is 0 Å². The topological polar surface area (TPSA) is 51.0 Å². The number of aromatic nitrogens is 2. The van der Waals surface area contributed by atoms with Gasteiger partial charge in [0.2, 0.25) is 5.89 Å². The summed E-state index contributed by atoms with van der Waals surface area (Å²) in [6, 6.07) is 8.63. The second-order valence-electron chi connectivity index (χ2n) is 6.23. The number of aryl methyl sites for hydroxylation is 1. The Bertz CT molecular complexity index is 616. The summed E-state index contributed by atoms with van der Waals surface area (Å²) in [4.78, 5) is 4.69. The van der Waals surface area contributed by atoms with Gasteiger partial charge in [0.25, 0.3) is 0 Å². The second-order valence-corrected chi connectivity index (χ2v) is 6.23. The number of benzene rings is 1. The lowest BCUT2D eigenvalue weighted by molar-refractivity contribution is 0.311. The van der Waals surface area contributed by atoms with E-state index in [2.05, 4.69) is 39.7 Å². The van der Waals surface area contributed by atoms with E-state index in [1.54, 1.807) is 0 Å². The first-order chi connectivity index (χ1) is 10.4. The Morgan fingerprint density at radius 3 is 2.90 bits per heavy atom. The quantitative estimate of drug-likeness (QED) is 0.941. The molecular formula is C17H21N3O. The van der Waals surface area contributed by atoms with Gasteiger partial charge in [0.05, 0.1) is 0 Å². The van der Waals surface area contributed by atoms with Gasteiger partial charge in [-0.05, 0) is 55.8 Å². The largest absolute Gasteiger partial charge is 0.339 e. The van der Waals surface area contributed by atoms with E-state index in [4.69, 9.17) is 4.52 Å². The average molecular weight is 283 g/mol. The summed E-state index contributed by atoms with van der Waals surface area (Å²) in [5.41, 5.74) is 2.82. The Hall–Kier alpha value is -1.68. The van der Waals surface area contributed by atoms with Crippen LogP contribution in [0.25, 0.3) is 0 Å². The molecule has 1 atom stereocenters. The summed E-state index contributed by atoms with van der Waals surface area (Å²) in [5, 5.41) is 7.66. The summed E-state index contributed by atoms with van der Waals surface area (Å²) in [7, 11) is 0. The lowest BCUT2D eigenvalue weighted by Gasteiger charge is -2.20. The van der Waals surface area contributed by atoms with E-state index in [-0.39, 0.29) is 0 Å². The van der Waals surface area contributed by atoms with Crippen LogP contribution in [0, 0.1) is 5.92 Å². The lowest BCUT2D eigenvalue weighted by atomic mass is 9.95. The molecule has 4 nitrogen and oxygen atoms in total. The van der Waals surface area contributed by atoms with Crippen LogP contribution >= 0.6 is 0 Å². The highest BCUT2D eigenvalue weighted by Crippen LogP contribution is 2.36. The minimum absolute atomic E-state index is 0.326. The van der Waals surface area contributed by atoms with E-state index < -0.39 is 0 Å². The van der Waals surface area contributed by atoms with Gasteiger partial charge >= 0.3 is 0 Å². The molecule has 1 aliphatic heterocycles. The number of hydrogen-bond acceptors (Lipinski definition) is 4. The van der Waals surface area contributed by atoms with Gasteiger partial charge in [-0.15, -0.1) is 0 Å². The predicted octanol–water partition coefficient (Wildman–Crippen LogP) is 2.69. The molecule has 0 saturated carbocycles. The first kappa shape index (κ1) is 13.0. The monoisotopic (exact) mass is 283 g/mol. The van der Waals surface area contributed by atoms with Crippen LogP contribution in [0.3, 0.4) is 0 Å². The van der Waals surface area contributed by atoms with Gasteiger partial charge in [-0.3, -0.25) is 0 Å². The van der Waals surface area contributed by atoms with Crippen LogP contribution in [0.15, 0.2) is 28.8 Å². The highest BCUT2D eigenvalue weighted by Gasteiger charge is 2.28. The predicted molar refractivity (Wildman–Crippen MR) is 80.2 cm³/mol. The fourth-order valence-electron chi connectivity index (χ4n) is 3.65. The summed E-state index contributed by atoms with van der Waals surface area (Å²) >= 11 is 0. The van der Waals surface area contributed by atoms with Crippen LogP contribution in [-0.2, 0) is 12.8 Å². The number of rotatable bonds is 3. The van der Waals surface area contributed by atoms with Gasteiger partial charge in [0.1, 0.15) is 0 Å². The molecule has 0 radical (unpaired) electrons. The standard InChI is InChI=1S/C17H21N3O/c1-2-4-14-13(3-1)5-6-15(14)17-19-16(21-20-17)11-12-7-9-18-10-8-12/h1-4,12,15,18H,5-11H2. The molecule has 1 N–H and O–H groups in total. The smallest absolute Gasteiger partial charge is 0.226 e. The zero-order chi connectivity index (χ0) is 14.1. The number of nitrogens with one attached hydrogen (secondary N) is 1. The van der Waals surface area contributed by atoms with Crippen molar-refractivity contribution in [1.29, 1.82) is 0 Å². The normalized spacial score (nSPS) is 22.4. The van der Waals surface area contributed by atoms with Crippen molar-refractivity contribution in [2.24, 2.45) is 5.92 Å². The lowest BCUT2D eigenvalue weighted by Crippen LogP contribution is -2.28. The molecule has 2 aliphatic rings. The molecular weight excluding hydrogens is 262 g/mol. The first-order valence-corrected chi connectivity index (χ1v) is 8.01. The number of fused-ring (bicyclic) bond motifs is 1. The van der Waals surface area contributed by atoms with Crippen molar-refractivity contribution < 1.29 is 4.52 Å². The van der Waals surface area contributed by atoms with Gasteiger partial charge in [-0.25, -0.2) is 0 Å². The van der Waals surface area contributed by atoms with E-state index >= 15 is 0 Å². The molecule has 110 valence electrons. The molecule has 1 aromatic heterocycles. The molecule has 0 spiro atoms. The van der Waals surface area contributed by atoms with Crippen LogP contribution < -0.4 is 5.32 Å². The molecule has 1 fully saturated rings. The van der Waals surface area contributed by atoms with Crippen molar-refractivity contribution >= 4 is 0 Å². The summed E-state index contributed by atoms with van der Waals surface area (Å²) in [6.45, 7) is 2.23. The molecule has 4 rings (SSSR count). The van der Waals surface area contributed by atoms with Crippen molar-refractivity contribution in [1.82, 2.24) is 15.5 Å². The zero-order valence-electron chi connectivity index (χ0n) is 12.2. The Labute approximate surface area is 124 Å². The van der Waals surface area contributed by atoms with Crippen LogP contribution in [0.1, 0.15) is 48.0 Å².